The lowest BCUT2D eigenvalue weighted by Gasteiger charge is -2.19. The van der Waals surface area contributed by atoms with E-state index in [2.05, 4.69) is 31.1 Å². The Balaban J connectivity index is 2.07. The van der Waals surface area contributed by atoms with E-state index in [-0.39, 0.29) is 5.54 Å². The second kappa shape index (κ2) is 5.98. The third kappa shape index (κ3) is 3.84. The monoisotopic (exact) mass is 292 g/mol. The van der Waals surface area contributed by atoms with Gasteiger partial charge in [-0.15, -0.1) is 0 Å². The quantitative estimate of drug-likeness (QED) is 0.916. The number of nitrogens with zero attached hydrogens (tertiary/aromatic N) is 1. The molecule has 1 heterocycles. The van der Waals surface area contributed by atoms with E-state index >= 15 is 0 Å². The molecule has 0 aliphatic heterocycles. The Morgan fingerprint density at radius 1 is 1.30 bits per heavy atom. The molecular weight excluding hydrogens is 272 g/mol. The van der Waals surface area contributed by atoms with E-state index in [0.717, 1.165) is 40.8 Å². The highest BCUT2D eigenvalue weighted by Gasteiger charge is 2.12. The van der Waals surface area contributed by atoms with Crippen molar-refractivity contribution in [1.82, 2.24) is 10.3 Å². The SMILES string of the molecule is Cc1c(Cl)cccc1-c1cnc(CCNC(C)(C)C)o1. The molecule has 0 fully saturated rings. The Hall–Kier alpha value is -1.32. The molecule has 20 heavy (non-hydrogen) atoms. The van der Waals surface area contributed by atoms with Gasteiger partial charge in [-0.2, -0.15) is 0 Å². The summed E-state index contributed by atoms with van der Waals surface area (Å²) in [6.07, 6.45) is 2.54. The lowest BCUT2D eigenvalue weighted by Crippen LogP contribution is -2.37. The molecule has 2 rings (SSSR count). The lowest BCUT2D eigenvalue weighted by molar-refractivity contribution is 0.412. The molecule has 108 valence electrons. The second-order valence-corrected chi connectivity index (χ2v) is 6.36. The predicted octanol–water partition coefficient (Wildman–Crippen LogP) is 4.23. The molecule has 0 atom stereocenters. The van der Waals surface area contributed by atoms with Crippen molar-refractivity contribution < 1.29 is 4.42 Å². The summed E-state index contributed by atoms with van der Waals surface area (Å²) in [5, 5.41) is 4.16. The van der Waals surface area contributed by atoms with Crippen LogP contribution in [0.15, 0.2) is 28.8 Å². The zero-order valence-electron chi connectivity index (χ0n) is 12.5. The van der Waals surface area contributed by atoms with Gasteiger partial charge in [0.15, 0.2) is 11.7 Å². The van der Waals surface area contributed by atoms with Crippen molar-refractivity contribution >= 4 is 11.6 Å². The highest BCUT2D eigenvalue weighted by Crippen LogP contribution is 2.28. The third-order valence-corrected chi connectivity index (χ3v) is 3.49. The van der Waals surface area contributed by atoms with Crippen molar-refractivity contribution in [3.8, 4) is 11.3 Å². The van der Waals surface area contributed by atoms with Gasteiger partial charge in [0.05, 0.1) is 6.20 Å². The average Bonchev–Trinajstić information content (AvgIpc) is 2.79. The van der Waals surface area contributed by atoms with Crippen LogP contribution >= 0.6 is 11.6 Å². The molecule has 0 saturated heterocycles. The maximum atomic E-state index is 6.13. The van der Waals surface area contributed by atoms with Gasteiger partial charge < -0.3 is 9.73 Å². The van der Waals surface area contributed by atoms with Crippen LogP contribution in [-0.4, -0.2) is 17.1 Å². The van der Waals surface area contributed by atoms with E-state index in [4.69, 9.17) is 16.0 Å². The van der Waals surface area contributed by atoms with Crippen molar-refractivity contribution in [2.75, 3.05) is 6.54 Å². The maximum Gasteiger partial charge on any atom is 0.196 e. The standard InChI is InChI=1S/C16H21ClN2O/c1-11-12(6-5-7-13(11)17)14-10-18-15(20-14)8-9-19-16(2,3)4/h5-7,10,19H,8-9H2,1-4H3. The first-order valence-corrected chi connectivity index (χ1v) is 7.20. The van der Waals surface area contributed by atoms with Crippen LogP contribution < -0.4 is 5.32 Å². The Bertz CT molecular complexity index is 584. The summed E-state index contributed by atoms with van der Waals surface area (Å²) in [5.41, 5.74) is 2.13. The molecule has 0 saturated carbocycles. The molecule has 0 aliphatic rings. The topological polar surface area (TPSA) is 38.1 Å². The van der Waals surface area contributed by atoms with E-state index in [1.54, 1.807) is 6.20 Å². The van der Waals surface area contributed by atoms with Gasteiger partial charge in [0.2, 0.25) is 0 Å². The predicted molar refractivity (Wildman–Crippen MR) is 83.1 cm³/mol. The highest BCUT2D eigenvalue weighted by atomic mass is 35.5. The number of hydrogen-bond acceptors (Lipinski definition) is 3. The number of oxazole rings is 1. The van der Waals surface area contributed by atoms with Crippen LogP contribution in [0, 0.1) is 6.92 Å². The molecule has 0 aliphatic carbocycles. The van der Waals surface area contributed by atoms with Crippen molar-refractivity contribution in [3.05, 3.63) is 40.9 Å². The summed E-state index contributed by atoms with van der Waals surface area (Å²) in [6.45, 7) is 9.26. The van der Waals surface area contributed by atoms with Crippen LogP contribution in [0.2, 0.25) is 5.02 Å². The smallest absolute Gasteiger partial charge is 0.196 e. The number of halogens is 1. The van der Waals surface area contributed by atoms with Gasteiger partial charge in [-0.25, -0.2) is 4.98 Å². The number of rotatable bonds is 4. The van der Waals surface area contributed by atoms with E-state index in [0.29, 0.717) is 0 Å². The summed E-state index contributed by atoms with van der Waals surface area (Å²) in [4.78, 5) is 4.33. The van der Waals surface area contributed by atoms with Gasteiger partial charge in [0.25, 0.3) is 0 Å². The fourth-order valence-corrected chi connectivity index (χ4v) is 2.14. The Morgan fingerprint density at radius 3 is 2.75 bits per heavy atom. The first-order chi connectivity index (χ1) is 9.37. The molecule has 0 amide bonds. The van der Waals surface area contributed by atoms with Crippen LogP contribution in [0.1, 0.15) is 32.2 Å². The van der Waals surface area contributed by atoms with Crippen molar-refractivity contribution in [3.63, 3.8) is 0 Å². The molecule has 4 heteroatoms. The fourth-order valence-electron chi connectivity index (χ4n) is 1.97. The van der Waals surface area contributed by atoms with Gasteiger partial charge in [0.1, 0.15) is 0 Å². The molecular formula is C16H21ClN2O. The van der Waals surface area contributed by atoms with E-state index in [1.807, 2.05) is 25.1 Å². The van der Waals surface area contributed by atoms with Crippen molar-refractivity contribution in [2.45, 2.75) is 39.7 Å². The zero-order chi connectivity index (χ0) is 14.8. The van der Waals surface area contributed by atoms with Crippen molar-refractivity contribution in [2.24, 2.45) is 0 Å². The molecule has 0 spiro atoms. The number of aromatic nitrogens is 1. The molecule has 0 bridgehead atoms. The van der Waals surface area contributed by atoms with E-state index in [1.165, 1.54) is 0 Å². The summed E-state index contributed by atoms with van der Waals surface area (Å²) < 4.78 is 5.81. The normalized spacial score (nSPS) is 11.8. The lowest BCUT2D eigenvalue weighted by atomic mass is 10.1. The number of hydrogen-bond donors (Lipinski definition) is 1. The van der Waals surface area contributed by atoms with Gasteiger partial charge in [-0.1, -0.05) is 23.7 Å². The fraction of sp³-hybridized carbons (Fsp3) is 0.438. The molecule has 3 nitrogen and oxygen atoms in total. The van der Waals surface area contributed by atoms with Gasteiger partial charge in [0, 0.05) is 29.1 Å². The molecule has 0 unspecified atom stereocenters. The molecule has 2 aromatic rings. The minimum Gasteiger partial charge on any atom is -0.441 e. The second-order valence-electron chi connectivity index (χ2n) is 5.96. The van der Waals surface area contributed by atoms with Gasteiger partial charge >= 0.3 is 0 Å². The highest BCUT2D eigenvalue weighted by molar-refractivity contribution is 6.31. The van der Waals surface area contributed by atoms with Crippen LogP contribution in [0.3, 0.4) is 0 Å². The first kappa shape index (κ1) is 15.1. The first-order valence-electron chi connectivity index (χ1n) is 6.82. The Morgan fingerprint density at radius 2 is 2.05 bits per heavy atom. The summed E-state index contributed by atoms with van der Waals surface area (Å²) in [6, 6.07) is 5.80. The number of benzene rings is 1. The molecule has 1 N–H and O–H groups in total. The molecule has 1 aromatic heterocycles. The Kier molecular flexibility index (Phi) is 4.51. The zero-order valence-corrected chi connectivity index (χ0v) is 13.2. The van der Waals surface area contributed by atoms with E-state index in [9.17, 15) is 0 Å². The minimum atomic E-state index is 0.110. The van der Waals surface area contributed by atoms with Crippen LogP contribution in [0.4, 0.5) is 0 Å². The van der Waals surface area contributed by atoms with Crippen LogP contribution in [0.5, 0.6) is 0 Å². The summed E-state index contributed by atoms with van der Waals surface area (Å²) >= 11 is 6.13. The number of nitrogens with one attached hydrogen (secondary N) is 1. The summed E-state index contributed by atoms with van der Waals surface area (Å²) in [5.74, 6) is 1.52. The van der Waals surface area contributed by atoms with Crippen LogP contribution in [0.25, 0.3) is 11.3 Å². The molecule has 0 radical (unpaired) electrons. The Labute approximate surface area is 125 Å². The van der Waals surface area contributed by atoms with Crippen molar-refractivity contribution in [1.29, 1.82) is 0 Å². The largest absolute Gasteiger partial charge is 0.441 e. The summed E-state index contributed by atoms with van der Waals surface area (Å²) in [7, 11) is 0. The minimum absolute atomic E-state index is 0.110. The third-order valence-electron chi connectivity index (χ3n) is 3.08. The van der Waals surface area contributed by atoms with Gasteiger partial charge in [-0.05, 0) is 39.3 Å². The van der Waals surface area contributed by atoms with Crippen LogP contribution in [-0.2, 0) is 6.42 Å². The molecule has 1 aromatic carbocycles. The van der Waals surface area contributed by atoms with Gasteiger partial charge in [-0.3, -0.25) is 0 Å². The van der Waals surface area contributed by atoms with E-state index < -0.39 is 0 Å². The average molecular weight is 293 g/mol. The maximum absolute atomic E-state index is 6.13.